The molecule has 0 saturated heterocycles. The van der Waals surface area contributed by atoms with Crippen LogP contribution in [0.25, 0.3) is 0 Å². The van der Waals surface area contributed by atoms with Crippen LogP contribution in [-0.4, -0.2) is 27.2 Å². The van der Waals surface area contributed by atoms with Gasteiger partial charge < -0.3 is 24.8 Å². The minimum Gasteiger partial charge on any atom is -0.493 e. The number of methoxy groups -OCH3 is 3. The number of amides is 1. The molecule has 24 heavy (non-hydrogen) atoms. The molecule has 2 aromatic rings. The second kappa shape index (κ2) is 6.49. The Morgan fingerprint density at radius 3 is 2.38 bits per heavy atom. The number of halogens is 1. The molecule has 1 amide bonds. The molecule has 6 nitrogen and oxygen atoms in total. The summed E-state index contributed by atoms with van der Waals surface area (Å²) in [5.74, 6) is 1.30. The van der Waals surface area contributed by atoms with Crippen molar-refractivity contribution in [2.75, 3.05) is 26.6 Å². The fraction of sp³-hybridized carbons (Fsp3) is 0.235. The third-order valence-corrected chi connectivity index (χ3v) is 4.08. The first-order valence-electron chi connectivity index (χ1n) is 7.24. The van der Waals surface area contributed by atoms with Crippen molar-refractivity contribution < 1.29 is 19.0 Å². The predicted octanol–water partition coefficient (Wildman–Crippen LogP) is 3.22. The molecule has 0 aromatic heterocycles. The summed E-state index contributed by atoms with van der Waals surface area (Å²) in [4.78, 5) is 12.4. The molecule has 0 fully saturated rings. The Bertz CT molecular complexity index is 794. The van der Waals surface area contributed by atoms with E-state index >= 15 is 0 Å². The molecule has 1 atom stereocenters. The number of nitrogens with one attached hydrogen (secondary N) is 2. The maximum absolute atomic E-state index is 12.4. The van der Waals surface area contributed by atoms with Gasteiger partial charge in [-0.2, -0.15) is 0 Å². The lowest BCUT2D eigenvalue weighted by molar-refractivity contribution is 0.0935. The number of benzene rings is 2. The summed E-state index contributed by atoms with van der Waals surface area (Å²) in [6.45, 7) is 0. The molecule has 2 N–H and O–H groups in total. The van der Waals surface area contributed by atoms with Crippen LogP contribution in [0.4, 0.5) is 5.69 Å². The van der Waals surface area contributed by atoms with Crippen LogP contribution in [0, 0.1) is 0 Å². The van der Waals surface area contributed by atoms with Crippen LogP contribution in [0.1, 0.15) is 22.1 Å². The minimum absolute atomic E-state index is 0.192. The van der Waals surface area contributed by atoms with E-state index < -0.39 is 6.17 Å². The summed E-state index contributed by atoms with van der Waals surface area (Å²) in [6.07, 6.45) is -0.488. The summed E-state index contributed by atoms with van der Waals surface area (Å²) < 4.78 is 16.2. The zero-order valence-electron chi connectivity index (χ0n) is 13.5. The Morgan fingerprint density at radius 1 is 0.958 bits per heavy atom. The predicted molar refractivity (Wildman–Crippen MR) is 91.4 cm³/mol. The van der Waals surface area contributed by atoms with Crippen LogP contribution in [0.3, 0.4) is 0 Å². The molecule has 0 bridgehead atoms. The Hall–Kier alpha value is -2.60. The van der Waals surface area contributed by atoms with Crippen molar-refractivity contribution in [1.29, 1.82) is 0 Å². The van der Waals surface area contributed by atoms with Gasteiger partial charge in [-0.1, -0.05) is 11.6 Å². The lowest BCUT2D eigenvalue weighted by Gasteiger charge is -2.29. The number of fused-ring (bicyclic) bond motifs is 1. The van der Waals surface area contributed by atoms with Gasteiger partial charge in [0.15, 0.2) is 11.5 Å². The molecular weight excluding hydrogens is 332 g/mol. The summed E-state index contributed by atoms with van der Waals surface area (Å²) in [6, 6.07) is 8.66. The monoisotopic (exact) mass is 348 g/mol. The number of hydrogen-bond donors (Lipinski definition) is 2. The van der Waals surface area contributed by atoms with Gasteiger partial charge in [-0.05, 0) is 30.3 Å². The first kappa shape index (κ1) is 16.3. The number of hydrogen-bond acceptors (Lipinski definition) is 5. The number of carbonyl (C=O) groups is 1. The maximum atomic E-state index is 12.4. The van der Waals surface area contributed by atoms with Crippen LogP contribution in [0.15, 0.2) is 30.3 Å². The maximum Gasteiger partial charge on any atom is 0.255 e. The molecule has 2 aromatic carbocycles. The number of anilines is 1. The molecule has 1 aliphatic heterocycles. The molecule has 3 rings (SSSR count). The van der Waals surface area contributed by atoms with E-state index in [2.05, 4.69) is 10.6 Å². The Balaban J connectivity index is 2.05. The molecule has 0 aliphatic carbocycles. The molecule has 0 saturated carbocycles. The van der Waals surface area contributed by atoms with Gasteiger partial charge in [0.05, 0.1) is 32.6 Å². The summed E-state index contributed by atoms with van der Waals surface area (Å²) in [5.41, 5.74) is 1.91. The smallest absolute Gasteiger partial charge is 0.255 e. The number of carbonyl (C=O) groups excluding carboxylic acids is 1. The molecular formula is C17H17ClN2O4. The average Bonchev–Trinajstić information content (AvgIpc) is 2.59. The third-order valence-electron chi connectivity index (χ3n) is 3.85. The Labute approximate surface area is 144 Å². The van der Waals surface area contributed by atoms with E-state index in [0.29, 0.717) is 39.1 Å². The van der Waals surface area contributed by atoms with Gasteiger partial charge in [0.25, 0.3) is 5.91 Å². The standard InChI is InChI=1S/C17H17ClN2O4/c1-22-13-7-6-11(14(23-2)15(13)24-3)16-19-12-8-9(18)4-5-10(12)17(21)20-16/h4-8,16,19H,1-3H3,(H,20,21). The Kier molecular flexibility index (Phi) is 4.40. The fourth-order valence-corrected chi connectivity index (χ4v) is 2.91. The van der Waals surface area contributed by atoms with Crippen LogP contribution in [0.5, 0.6) is 17.2 Å². The highest BCUT2D eigenvalue weighted by atomic mass is 35.5. The molecule has 7 heteroatoms. The van der Waals surface area contributed by atoms with Crippen LogP contribution in [-0.2, 0) is 0 Å². The van der Waals surface area contributed by atoms with Gasteiger partial charge in [0.1, 0.15) is 6.17 Å². The normalized spacial score (nSPS) is 15.8. The summed E-state index contributed by atoms with van der Waals surface area (Å²) >= 11 is 6.03. The van der Waals surface area contributed by atoms with Crippen molar-refractivity contribution >= 4 is 23.2 Å². The Morgan fingerprint density at radius 2 is 1.71 bits per heavy atom. The van der Waals surface area contributed by atoms with E-state index in [1.807, 2.05) is 6.07 Å². The molecule has 0 spiro atoms. The number of ether oxygens (including phenoxy) is 3. The van der Waals surface area contributed by atoms with Crippen molar-refractivity contribution in [1.82, 2.24) is 5.32 Å². The topological polar surface area (TPSA) is 68.8 Å². The van der Waals surface area contributed by atoms with E-state index in [9.17, 15) is 4.79 Å². The third kappa shape index (κ3) is 2.69. The van der Waals surface area contributed by atoms with E-state index in [0.717, 1.165) is 0 Å². The molecule has 1 aliphatic rings. The minimum atomic E-state index is -0.488. The average molecular weight is 349 g/mol. The first-order chi connectivity index (χ1) is 11.6. The lowest BCUT2D eigenvalue weighted by atomic mass is 10.0. The van der Waals surface area contributed by atoms with E-state index in [1.54, 1.807) is 31.4 Å². The largest absolute Gasteiger partial charge is 0.493 e. The number of rotatable bonds is 4. The van der Waals surface area contributed by atoms with Gasteiger partial charge in [-0.25, -0.2) is 0 Å². The zero-order chi connectivity index (χ0) is 17.3. The second-order valence-electron chi connectivity index (χ2n) is 5.16. The van der Waals surface area contributed by atoms with E-state index in [4.69, 9.17) is 25.8 Å². The van der Waals surface area contributed by atoms with Crippen LogP contribution in [0.2, 0.25) is 5.02 Å². The van der Waals surface area contributed by atoms with Crippen molar-refractivity contribution in [3.05, 3.63) is 46.5 Å². The van der Waals surface area contributed by atoms with Gasteiger partial charge in [0, 0.05) is 10.6 Å². The van der Waals surface area contributed by atoms with E-state index in [-0.39, 0.29) is 5.91 Å². The van der Waals surface area contributed by atoms with Crippen LogP contribution >= 0.6 is 11.6 Å². The van der Waals surface area contributed by atoms with Gasteiger partial charge in [0.2, 0.25) is 5.75 Å². The van der Waals surface area contributed by atoms with Gasteiger partial charge in [-0.15, -0.1) is 0 Å². The molecule has 1 unspecified atom stereocenters. The lowest BCUT2D eigenvalue weighted by Crippen LogP contribution is -2.38. The molecule has 0 radical (unpaired) electrons. The van der Waals surface area contributed by atoms with Crippen molar-refractivity contribution in [3.8, 4) is 17.2 Å². The SMILES string of the molecule is COc1ccc(C2NC(=O)c3ccc(Cl)cc3N2)c(OC)c1OC. The highest BCUT2D eigenvalue weighted by Crippen LogP contribution is 2.43. The highest BCUT2D eigenvalue weighted by Gasteiger charge is 2.29. The summed E-state index contributed by atoms with van der Waals surface area (Å²) in [5, 5.41) is 6.71. The van der Waals surface area contributed by atoms with Gasteiger partial charge in [-0.3, -0.25) is 4.79 Å². The van der Waals surface area contributed by atoms with Crippen molar-refractivity contribution in [2.45, 2.75) is 6.17 Å². The zero-order valence-corrected chi connectivity index (χ0v) is 14.2. The highest BCUT2D eigenvalue weighted by molar-refractivity contribution is 6.31. The fourth-order valence-electron chi connectivity index (χ4n) is 2.74. The van der Waals surface area contributed by atoms with Gasteiger partial charge >= 0.3 is 0 Å². The van der Waals surface area contributed by atoms with E-state index in [1.165, 1.54) is 14.2 Å². The quantitative estimate of drug-likeness (QED) is 0.888. The molecule has 1 heterocycles. The first-order valence-corrected chi connectivity index (χ1v) is 7.62. The van der Waals surface area contributed by atoms with Crippen molar-refractivity contribution in [2.24, 2.45) is 0 Å². The molecule has 126 valence electrons. The van der Waals surface area contributed by atoms with Crippen molar-refractivity contribution in [3.63, 3.8) is 0 Å². The second-order valence-corrected chi connectivity index (χ2v) is 5.60. The summed E-state index contributed by atoms with van der Waals surface area (Å²) in [7, 11) is 4.62. The van der Waals surface area contributed by atoms with Crippen LogP contribution < -0.4 is 24.8 Å².